The first kappa shape index (κ1) is 19.0. The Labute approximate surface area is 158 Å². The van der Waals surface area contributed by atoms with Crippen LogP contribution in [0.4, 0.5) is 11.4 Å². The molecule has 1 atom stereocenters. The van der Waals surface area contributed by atoms with E-state index in [0.717, 1.165) is 16.1 Å². The summed E-state index contributed by atoms with van der Waals surface area (Å²) < 4.78 is 36.8. The average Bonchev–Trinajstić information content (AvgIpc) is 2.60. The molecule has 0 saturated heterocycles. The first-order valence-electron chi connectivity index (χ1n) is 8.52. The van der Waals surface area contributed by atoms with Crippen molar-refractivity contribution in [3.8, 4) is 11.5 Å². The van der Waals surface area contributed by atoms with Crippen molar-refractivity contribution in [2.24, 2.45) is 0 Å². The number of benzene rings is 2. The van der Waals surface area contributed by atoms with Gasteiger partial charge in [0.15, 0.2) is 11.5 Å². The van der Waals surface area contributed by atoms with Gasteiger partial charge in [0.05, 0.1) is 11.9 Å². The number of carbonyl (C=O) groups excluding carboxylic acids is 1. The van der Waals surface area contributed by atoms with Crippen LogP contribution in [-0.4, -0.2) is 39.8 Å². The number of amides is 1. The van der Waals surface area contributed by atoms with Crippen LogP contribution in [0.5, 0.6) is 11.5 Å². The number of rotatable bonds is 5. The Morgan fingerprint density at radius 3 is 2.48 bits per heavy atom. The molecule has 2 aromatic rings. The lowest BCUT2D eigenvalue weighted by atomic mass is 10.2. The van der Waals surface area contributed by atoms with Gasteiger partial charge in [0.25, 0.3) is 0 Å². The monoisotopic (exact) mass is 390 g/mol. The number of hydrogen-bond donors (Lipinski definition) is 1. The van der Waals surface area contributed by atoms with E-state index in [0.29, 0.717) is 36.1 Å². The second-order valence-electron chi connectivity index (χ2n) is 6.42. The van der Waals surface area contributed by atoms with E-state index in [1.54, 1.807) is 43.3 Å². The summed E-state index contributed by atoms with van der Waals surface area (Å²) in [6, 6.07) is 11.2. The highest BCUT2D eigenvalue weighted by atomic mass is 32.2. The zero-order valence-electron chi connectivity index (χ0n) is 15.4. The zero-order chi connectivity index (χ0) is 19.6. The number of aryl methyl sites for hydroxylation is 1. The van der Waals surface area contributed by atoms with E-state index in [-0.39, 0.29) is 0 Å². The quantitative estimate of drug-likeness (QED) is 0.848. The fraction of sp³-hybridized carbons (Fsp3) is 0.316. The van der Waals surface area contributed by atoms with Gasteiger partial charge < -0.3 is 14.8 Å². The van der Waals surface area contributed by atoms with Crippen LogP contribution in [0.2, 0.25) is 0 Å². The van der Waals surface area contributed by atoms with Crippen LogP contribution in [0.25, 0.3) is 0 Å². The van der Waals surface area contributed by atoms with Gasteiger partial charge in [-0.15, -0.1) is 0 Å². The SMILES string of the molecule is Cc1cccc(N(C(C)C(=O)Nc2ccc3c(c2)OCCO3)S(C)(=O)=O)c1. The van der Waals surface area contributed by atoms with E-state index < -0.39 is 22.0 Å². The number of sulfonamides is 1. The lowest BCUT2D eigenvalue weighted by Gasteiger charge is -2.28. The normalized spacial score (nSPS) is 14.3. The summed E-state index contributed by atoms with van der Waals surface area (Å²) in [6.45, 7) is 4.34. The molecule has 0 fully saturated rings. The molecule has 1 unspecified atom stereocenters. The predicted octanol–water partition coefficient (Wildman–Crippen LogP) is 2.56. The van der Waals surface area contributed by atoms with Crippen LogP contribution in [0, 0.1) is 6.92 Å². The molecule has 0 bridgehead atoms. The highest BCUT2D eigenvalue weighted by Gasteiger charge is 2.29. The molecule has 0 spiro atoms. The van der Waals surface area contributed by atoms with Gasteiger partial charge in [-0.05, 0) is 43.7 Å². The third-order valence-corrected chi connectivity index (χ3v) is 5.40. The summed E-state index contributed by atoms with van der Waals surface area (Å²) in [4.78, 5) is 12.7. The Morgan fingerprint density at radius 2 is 1.81 bits per heavy atom. The van der Waals surface area contributed by atoms with Crippen molar-refractivity contribution >= 4 is 27.3 Å². The Kier molecular flexibility index (Phi) is 5.27. The summed E-state index contributed by atoms with van der Waals surface area (Å²) in [5.41, 5.74) is 1.86. The lowest BCUT2D eigenvalue weighted by molar-refractivity contribution is -0.116. The minimum atomic E-state index is -3.66. The Bertz CT molecular complexity index is 958. The molecule has 8 heteroatoms. The van der Waals surface area contributed by atoms with Gasteiger partial charge in [-0.1, -0.05) is 12.1 Å². The molecule has 0 saturated carbocycles. The topological polar surface area (TPSA) is 84.9 Å². The smallest absolute Gasteiger partial charge is 0.247 e. The van der Waals surface area contributed by atoms with Crippen LogP contribution >= 0.6 is 0 Å². The summed E-state index contributed by atoms with van der Waals surface area (Å²) >= 11 is 0. The van der Waals surface area contributed by atoms with Crippen molar-refractivity contribution in [1.82, 2.24) is 0 Å². The van der Waals surface area contributed by atoms with Gasteiger partial charge in [0, 0.05) is 11.8 Å². The number of carbonyl (C=O) groups is 1. The first-order chi connectivity index (χ1) is 12.8. The molecule has 1 N–H and O–H groups in total. The Morgan fingerprint density at radius 1 is 1.11 bits per heavy atom. The molecule has 7 nitrogen and oxygen atoms in total. The van der Waals surface area contributed by atoms with Gasteiger partial charge >= 0.3 is 0 Å². The summed E-state index contributed by atoms with van der Waals surface area (Å²) in [5.74, 6) is 0.716. The molecular weight excluding hydrogens is 368 g/mol. The minimum absolute atomic E-state index is 0.440. The van der Waals surface area contributed by atoms with Gasteiger partial charge in [-0.3, -0.25) is 9.10 Å². The van der Waals surface area contributed by atoms with E-state index in [4.69, 9.17) is 9.47 Å². The molecule has 1 heterocycles. The summed E-state index contributed by atoms with van der Waals surface area (Å²) in [7, 11) is -3.66. The van der Waals surface area contributed by atoms with Crippen molar-refractivity contribution in [1.29, 1.82) is 0 Å². The zero-order valence-corrected chi connectivity index (χ0v) is 16.2. The van der Waals surface area contributed by atoms with E-state index >= 15 is 0 Å². The molecule has 3 rings (SSSR count). The summed E-state index contributed by atoms with van der Waals surface area (Å²) in [6.07, 6.45) is 1.09. The van der Waals surface area contributed by atoms with Crippen LogP contribution in [0.3, 0.4) is 0 Å². The third kappa shape index (κ3) is 4.33. The van der Waals surface area contributed by atoms with Crippen molar-refractivity contribution < 1.29 is 22.7 Å². The molecule has 1 amide bonds. The number of anilines is 2. The van der Waals surface area contributed by atoms with Gasteiger partial charge in [-0.2, -0.15) is 0 Å². The second kappa shape index (κ2) is 7.48. The van der Waals surface area contributed by atoms with Crippen LogP contribution in [0.1, 0.15) is 12.5 Å². The molecule has 144 valence electrons. The van der Waals surface area contributed by atoms with E-state index in [2.05, 4.69) is 5.32 Å². The van der Waals surface area contributed by atoms with Crippen molar-refractivity contribution in [3.63, 3.8) is 0 Å². The van der Waals surface area contributed by atoms with E-state index in [9.17, 15) is 13.2 Å². The van der Waals surface area contributed by atoms with E-state index in [1.807, 2.05) is 13.0 Å². The lowest BCUT2D eigenvalue weighted by Crippen LogP contribution is -2.45. The Balaban J connectivity index is 1.84. The van der Waals surface area contributed by atoms with Crippen molar-refractivity contribution in [3.05, 3.63) is 48.0 Å². The average molecular weight is 390 g/mol. The van der Waals surface area contributed by atoms with Crippen LogP contribution in [0.15, 0.2) is 42.5 Å². The fourth-order valence-electron chi connectivity index (χ4n) is 2.94. The van der Waals surface area contributed by atoms with Crippen LogP contribution < -0.4 is 19.1 Å². The molecule has 0 aliphatic carbocycles. The first-order valence-corrected chi connectivity index (χ1v) is 10.4. The number of fused-ring (bicyclic) bond motifs is 1. The predicted molar refractivity (Wildman–Crippen MR) is 104 cm³/mol. The number of nitrogens with one attached hydrogen (secondary N) is 1. The number of hydrogen-bond acceptors (Lipinski definition) is 5. The number of ether oxygens (including phenoxy) is 2. The fourth-order valence-corrected chi connectivity index (χ4v) is 4.11. The molecule has 0 aromatic heterocycles. The minimum Gasteiger partial charge on any atom is -0.486 e. The van der Waals surface area contributed by atoms with Crippen molar-refractivity contribution in [2.75, 3.05) is 29.1 Å². The molecule has 0 radical (unpaired) electrons. The third-order valence-electron chi connectivity index (χ3n) is 4.15. The second-order valence-corrected chi connectivity index (χ2v) is 8.28. The maximum atomic E-state index is 12.7. The summed E-state index contributed by atoms with van der Waals surface area (Å²) in [5, 5.41) is 2.75. The van der Waals surface area contributed by atoms with Crippen LogP contribution in [-0.2, 0) is 14.8 Å². The highest BCUT2D eigenvalue weighted by Crippen LogP contribution is 2.32. The maximum Gasteiger partial charge on any atom is 0.247 e. The standard InChI is InChI=1S/C19H22N2O5S/c1-13-5-4-6-16(11-13)21(27(3,23)24)14(2)19(22)20-15-7-8-17-18(12-15)26-10-9-25-17/h4-8,11-12,14H,9-10H2,1-3H3,(H,20,22). The number of nitrogens with zero attached hydrogens (tertiary/aromatic N) is 1. The highest BCUT2D eigenvalue weighted by molar-refractivity contribution is 7.92. The largest absolute Gasteiger partial charge is 0.486 e. The molecular formula is C19H22N2O5S. The molecule has 1 aliphatic rings. The van der Waals surface area contributed by atoms with Gasteiger partial charge in [0.2, 0.25) is 15.9 Å². The molecule has 2 aromatic carbocycles. The Hall–Kier alpha value is -2.74. The molecule has 1 aliphatic heterocycles. The van der Waals surface area contributed by atoms with E-state index in [1.165, 1.54) is 0 Å². The van der Waals surface area contributed by atoms with Gasteiger partial charge in [0.1, 0.15) is 19.3 Å². The van der Waals surface area contributed by atoms with Crippen molar-refractivity contribution in [2.45, 2.75) is 19.9 Å². The van der Waals surface area contributed by atoms with Gasteiger partial charge in [-0.25, -0.2) is 8.42 Å². The molecule has 27 heavy (non-hydrogen) atoms. The maximum absolute atomic E-state index is 12.7.